The number of hydrogen-bond donors (Lipinski definition) is 4. The van der Waals surface area contributed by atoms with E-state index in [0.29, 0.717) is 23.7 Å². The van der Waals surface area contributed by atoms with Gasteiger partial charge < -0.3 is 15.5 Å². The molecule has 2 aliphatic carbocycles. The summed E-state index contributed by atoms with van der Waals surface area (Å²) < 4.78 is 0. The van der Waals surface area contributed by atoms with Crippen LogP contribution in [-0.4, -0.2) is 39.2 Å². The molecule has 2 bridgehead atoms. The first-order chi connectivity index (χ1) is 11.2. The van der Waals surface area contributed by atoms with Crippen molar-refractivity contribution in [1.82, 2.24) is 15.5 Å². The van der Waals surface area contributed by atoms with E-state index in [1.54, 1.807) is 0 Å². The normalized spacial score (nSPS) is 36.7. The molecule has 1 aromatic heterocycles. The van der Waals surface area contributed by atoms with Gasteiger partial charge in [0.15, 0.2) is 0 Å². The number of H-pyrrole nitrogens is 1. The van der Waals surface area contributed by atoms with Crippen LogP contribution in [0.15, 0.2) is 18.5 Å². The van der Waals surface area contributed by atoms with Crippen molar-refractivity contribution >= 4 is 11.6 Å². The van der Waals surface area contributed by atoms with Gasteiger partial charge in [-0.15, -0.1) is 0 Å². The SMILES string of the molecule is C=Cc1[nH]ncc1C1=C(C)N[C@@H](C(O)CO)[C@@H]2C3CCC(C3)[C@H]12. The minimum atomic E-state index is -0.707. The molecule has 1 aromatic rings. The molecule has 23 heavy (non-hydrogen) atoms. The maximum atomic E-state index is 10.3. The first-order valence-electron chi connectivity index (χ1n) is 8.58. The molecular weight excluding hydrogens is 290 g/mol. The Hall–Kier alpha value is -1.59. The lowest BCUT2D eigenvalue weighted by Gasteiger charge is -2.45. The second-order valence-corrected chi connectivity index (χ2v) is 7.30. The second kappa shape index (κ2) is 5.49. The number of nitrogens with zero attached hydrogens (tertiary/aromatic N) is 1. The van der Waals surface area contributed by atoms with Gasteiger partial charge in [-0.05, 0) is 61.5 Å². The van der Waals surface area contributed by atoms with E-state index >= 15 is 0 Å². The maximum absolute atomic E-state index is 10.3. The molecule has 5 nitrogen and oxygen atoms in total. The molecule has 5 heteroatoms. The van der Waals surface area contributed by atoms with Crippen molar-refractivity contribution < 1.29 is 10.2 Å². The molecule has 1 aliphatic heterocycles. The molecule has 0 saturated heterocycles. The Balaban J connectivity index is 1.81. The Bertz CT molecular complexity index is 650. The van der Waals surface area contributed by atoms with Crippen LogP contribution in [0.2, 0.25) is 0 Å². The molecule has 4 rings (SSSR count). The summed E-state index contributed by atoms with van der Waals surface area (Å²) in [5.74, 6) is 2.16. The maximum Gasteiger partial charge on any atom is 0.0974 e. The van der Waals surface area contributed by atoms with E-state index in [9.17, 15) is 10.2 Å². The highest BCUT2D eigenvalue weighted by Gasteiger charge is 2.55. The highest BCUT2D eigenvalue weighted by atomic mass is 16.3. The van der Waals surface area contributed by atoms with Crippen molar-refractivity contribution in [2.24, 2.45) is 23.7 Å². The molecule has 0 radical (unpaired) electrons. The minimum absolute atomic E-state index is 0.0527. The average Bonchev–Trinajstić information content (AvgIpc) is 3.28. The van der Waals surface area contributed by atoms with E-state index in [2.05, 4.69) is 29.0 Å². The van der Waals surface area contributed by atoms with Crippen molar-refractivity contribution in [2.45, 2.75) is 38.3 Å². The smallest absolute Gasteiger partial charge is 0.0974 e. The molecule has 2 heterocycles. The average molecular weight is 315 g/mol. The summed E-state index contributed by atoms with van der Waals surface area (Å²) in [5.41, 5.74) is 4.52. The predicted octanol–water partition coefficient (Wildman–Crippen LogP) is 1.77. The summed E-state index contributed by atoms with van der Waals surface area (Å²) in [4.78, 5) is 0. The molecule has 124 valence electrons. The van der Waals surface area contributed by atoms with Crippen LogP contribution in [0.5, 0.6) is 0 Å². The first-order valence-corrected chi connectivity index (χ1v) is 8.58. The van der Waals surface area contributed by atoms with Crippen molar-refractivity contribution in [3.05, 3.63) is 29.7 Å². The van der Waals surface area contributed by atoms with Gasteiger partial charge in [-0.25, -0.2) is 0 Å². The van der Waals surface area contributed by atoms with Crippen LogP contribution in [0.1, 0.15) is 37.4 Å². The monoisotopic (exact) mass is 315 g/mol. The Morgan fingerprint density at radius 3 is 2.96 bits per heavy atom. The molecule has 0 amide bonds. The molecular formula is C18H25N3O2. The molecule has 4 N–H and O–H groups in total. The number of hydrogen-bond acceptors (Lipinski definition) is 4. The van der Waals surface area contributed by atoms with E-state index in [0.717, 1.165) is 17.0 Å². The van der Waals surface area contributed by atoms with Gasteiger partial charge in [0, 0.05) is 11.3 Å². The number of aromatic amines is 1. The van der Waals surface area contributed by atoms with Gasteiger partial charge in [-0.3, -0.25) is 5.10 Å². The summed E-state index contributed by atoms with van der Waals surface area (Å²) in [6.07, 6.45) is 6.76. The molecule has 2 fully saturated rings. The molecule has 0 spiro atoms. The van der Waals surface area contributed by atoms with Crippen LogP contribution in [0, 0.1) is 23.7 Å². The van der Waals surface area contributed by atoms with Crippen LogP contribution >= 0.6 is 0 Å². The molecule has 0 aromatic carbocycles. The Morgan fingerprint density at radius 1 is 1.43 bits per heavy atom. The zero-order valence-electron chi connectivity index (χ0n) is 13.5. The summed E-state index contributed by atoms with van der Waals surface area (Å²) in [6.45, 7) is 5.77. The van der Waals surface area contributed by atoms with Gasteiger partial charge in [0.05, 0.1) is 30.6 Å². The number of allylic oxidation sites excluding steroid dienone is 2. The highest BCUT2D eigenvalue weighted by Crippen LogP contribution is 2.60. The number of fused-ring (bicyclic) bond motifs is 5. The van der Waals surface area contributed by atoms with Gasteiger partial charge in [-0.1, -0.05) is 6.58 Å². The third kappa shape index (κ3) is 2.10. The number of rotatable bonds is 4. The van der Waals surface area contributed by atoms with Gasteiger partial charge >= 0.3 is 0 Å². The fourth-order valence-corrected chi connectivity index (χ4v) is 5.47. The lowest BCUT2D eigenvalue weighted by Crippen LogP contribution is -2.53. The highest BCUT2D eigenvalue weighted by molar-refractivity contribution is 5.76. The van der Waals surface area contributed by atoms with Crippen molar-refractivity contribution in [2.75, 3.05) is 6.61 Å². The molecule has 6 atom stereocenters. The summed E-state index contributed by atoms with van der Waals surface area (Å²) in [5, 5.41) is 30.5. The Kier molecular flexibility index (Phi) is 3.58. The van der Waals surface area contributed by atoms with E-state index < -0.39 is 6.10 Å². The first kappa shape index (κ1) is 15.0. The van der Waals surface area contributed by atoms with Crippen LogP contribution in [0.3, 0.4) is 0 Å². The zero-order valence-corrected chi connectivity index (χ0v) is 13.5. The number of aromatic nitrogens is 2. The van der Waals surface area contributed by atoms with Crippen LogP contribution in [0.25, 0.3) is 11.6 Å². The predicted molar refractivity (Wildman–Crippen MR) is 89.1 cm³/mol. The molecule has 3 unspecified atom stereocenters. The molecule has 3 aliphatic rings. The number of aliphatic hydroxyl groups is 2. The second-order valence-electron chi connectivity index (χ2n) is 7.30. The molecule has 2 saturated carbocycles. The largest absolute Gasteiger partial charge is 0.394 e. The van der Waals surface area contributed by atoms with E-state index in [1.165, 1.54) is 24.8 Å². The van der Waals surface area contributed by atoms with Crippen LogP contribution < -0.4 is 5.32 Å². The number of nitrogens with one attached hydrogen (secondary N) is 2. The summed E-state index contributed by atoms with van der Waals surface area (Å²) in [6, 6.07) is -0.0527. The van der Waals surface area contributed by atoms with Crippen LogP contribution in [0.4, 0.5) is 0 Å². The van der Waals surface area contributed by atoms with Crippen molar-refractivity contribution in [3.63, 3.8) is 0 Å². The third-order valence-corrected chi connectivity index (χ3v) is 6.28. The Morgan fingerprint density at radius 2 is 2.22 bits per heavy atom. The zero-order chi connectivity index (χ0) is 16.1. The summed E-state index contributed by atoms with van der Waals surface area (Å²) in [7, 11) is 0. The number of aliphatic hydroxyl groups excluding tert-OH is 2. The Labute approximate surface area is 136 Å². The fraction of sp³-hybridized carbons (Fsp3) is 0.611. The quantitative estimate of drug-likeness (QED) is 0.683. The fourth-order valence-electron chi connectivity index (χ4n) is 5.47. The third-order valence-electron chi connectivity index (χ3n) is 6.28. The van der Waals surface area contributed by atoms with Gasteiger partial charge in [0.25, 0.3) is 0 Å². The summed E-state index contributed by atoms with van der Waals surface area (Å²) >= 11 is 0. The van der Waals surface area contributed by atoms with E-state index in [-0.39, 0.29) is 12.6 Å². The van der Waals surface area contributed by atoms with Crippen molar-refractivity contribution in [3.8, 4) is 0 Å². The lowest BCUT2D eigenvalue weighted by atomic mass is 9.67. The van der Waals surface area contributed by atoms with E-state index in [4.69, 9.17) is 0 Å². The van der Waals surface area contributed by atoms with Crippen molar-refractivity contribution in [1.29, 1.82) is 0 Å². The topological polar surface area (TPSA) is 81.2 Å². The van der Waals surface area contributed by atoms with Gasteiger partial charge in [0.1, 0.15) is 0 Å². The van der Waals surface area contributed by atoms with Crippen LogP contribution in [-0.2, 0) is 0 Å². The minimum Gasteiger partial charge on any atom is -0.394 e. The standard InChI is InChI=1S/C18H25N3O2/c1-3-13-12(7-19-21-13)15-9(2)20-18(14(23)8-22)17-11-5-4-10(6-11)16(15)17/h3,7,10-11,14,16-18,20,22-23H,1,4-6,8H2,2H3,(H,19,21)/t10?,11?,14?,16-,17-,18+/m1/s1. The van der Waals surface area contributed by atoms with Gasteiger partial charge in [-0.2, -0.15) is 5.10 Å². The van der Waals surface area contributed by atoms with E-state index in [1.807, 2.05) is 12.3 Å². The lowest BCUT2D eigenvalue weighted by molar-refractivity contribution is 0.0238. The van der Waals surface area contributed by atoms with Gasteiger partial charge in [0.2, 0.25) is 0 Å².